The molecule has 88 valence electrons. The van der Waals surface area contributed by atoms with E-state index in [0.717, 1.165) is 12.8 Å². The molecule has 0 amide bonds. The van der Waals surface area contributed by atoms with Gasteiger partial charge in [0.05, 0.1) is 0 Å². The first kappa shape index (κ1) is 11.9. The molecule has 0 radical (unpaired) electrons. The molecule has 1 saturated carbocycles. The standard InChI is InChI=1S/C17H20/c1-3-4-9-15-10-5-6-11-17(15)13-16-12-7-8-14(16)2/h3,5-6,10-11,13H,1-2,4,7-9,12H2/b16-13+. The van der Waals surface area contributed by atoms with Gasteiger partial charge in [-0.2, -0.15) is 0 Å². The van der Waals surface area contributed by atoms with Crippen LogP contribution in [-0.2, 0) is 6.42 Å². The second kappa shape index (κ2) is 5.67. The number of benzene rings is 1. The minimum absolute atomic E-state index is 1.04. The molecular weight excluding hydrogens is 204 g/mol. The fraction of sp³-hybridized carbons (Fsp3) is 0.294. The van der Waals surface area contributed by atoms with E-state index in [4.69, 9.17) is 0 Å². The highest BCUT2D eigenvalue weighted by Crippen LogP contribution is 2.31. The quantitative estimate of drug-likeness (QED) is 0.636. The van der Waals surface area contributed by atoms with E-state index in [9.17, 15) is 0 Å². The number of hydrogen-bond acceptors (Lipinski definition) is 0. The molecule has 0 heterocycles. The minimum Gasteiger partial charge on any atom is -0.103 e. The van der Waals surface area contributed by atoms with Gasteiger partial charge in [0.15, 0.2) is 0 Å². The van der Waals surface area contributed by atoms with Crippen LogP contribution in [-0.4, -0.2) is 0 Å². The Morgan fingerprint density at radius 1 is 1.18 bits per heavy atom. The van der Waals surface area contributed by atoms with Gasteiger partial charge < -0.3 is 0 Å². The largest absolute Gasteiger partial charge is 0.103 e. The van der Waals surface area contributed by atoms with Crippen molar-refractivity contribution >= 4 is 6.08 Å². The van der Waals surface area contributed by atoms with Crippen molar-refractivity contribution in [2.45, 2.75) is 32.1 Å². The summed E-state index contributed by atoms with van der Waals surface area (Å²) in [6.07, 6.45) is 10.1. The molecule has 0 aliphatic heterocycles. The van der Waals surface area contributed by atoms with Crippen molar-refractivity contribution in [2.75, 3.05) is 0 Å². The zero-order valence-electron chi connectivity index (χ0n) is 10.4. The lowest BCUT2D eigenvalue weighted by atomic mass is 9.99. The van der Waals surface area contributed by atoms with Crippen molar-refractivity contribution in [3.8, 4) is 0 Å². The van der Waals surface area contributed by atoms with Gasteiger partial charge in [0.25, 0.3) is 0 Å². The summed E-state index contributed by atoms with van der Waals surface area (Å²) in [7, 11) is 0. The zero-order chi connectivity index (χ0) is 12.1. The summed E-state index contributed by atoms with van der Waals surface area (Å²) < 4.78 is 0. The van der Waals surface area contributed by atoms with E-state index in [2.05, 4.69) is 43.5 Å². The van der Waals surface area contributed by atoms with Crippen LogP contribution in [0.3, 0.4) is 0 Å². The summed E-state index contributed by atoms with van der Waals surface area (Å²) in [5.41, 5.74) is 5.53. The third-order valence-electron chi connectivity index (χ3n) is 3.38. The molecule has 0 atom stereocenters. The Balaban J connectivity index is 2.25. The van der Waals surface area contributed by atoms with Crippen LogP contribution in [0.4, 0.5) is 0 Å². The first-order chi connectivity index (χ1) is 8.31. The maximum atomic E-state index is 4.14. The molecule has 0 N–H and O–H groups in total. The van der Waals surface area contributed by atoms with E-state index in [1.165, 1.54) is 41.5 Å². The molecule has 0 unspecified atom stereocenters. The highest BCUT2D eigenvalue weighted by molar-refractivity contribution is 5.62. The smallest absolute Gasteiger partial charge is 0.0222 e. The molecular formula is C17H20. The average molecular weight is 224 g/mol. The van der Waals surface area contributed by atoms with Gasteiger partial charge in [0.2, 0.25) is 0 Å². The molecule has 2 rings (SSSR count). The molecule has 0 aromatic heterocycles. The Morgan fingerprint density at radius 3 is 2.71 bits per heavy atom. The Labute approximate surface area is 104 Å². The van der Waals surface area contributed by atoms with Crippen LogP contribution in [0.15, 0.2) is 54.6 Å². The molecule has 17 heavy (non-hydrogen) atoms. The van der Waals surface area contributed by atoms with Crippen LogP contribution in [0.1, 0.15) is 36.8 Å². The van der Waals surface area contributed by atoms with Crippen molar-refractivity contribution in [1.82, 2.24) is 0 Å². The molecule has 1 aromatic carbocycles. The van der Waals surface area contributed by atoms with Crippen LogP contribution >= 0.6 is 0 Å². The fourth-order valence-electron chi connectivity index (χ4n) is 2.35. The van der Waals surface area contributed by atoms with E-state index in [-0.39, 0.29) is 0 Å². The predicted octanol–water partition coefficient (Wildman–Crippen LogP) is 4.93. The number of aryl methyl sites for hydroxylation is 1. The van der Waals surface area contributed by atoms with E-state index < -0.39 is 0 Å². The Bertz CT molecular complexity index is 449. The highest BCUT2D eigenvalue weighted by Gasteiger charge is 2.11. The van der Waals surface area contributed by atoms with Gasteiger partial charge in [-0.3, -0.25) is 0 Å². The summed E-state index contributed by atoms with van der Waals surface area (Å²) in [4.78, 5) is 0. The Kier molecular flexibility index (Phi) is 3.98. The predicted molar refractivity (Wildman–Crippen MR) is 75.9 cm³/mol. The van der Waals surface area contributed by atoms with Crippen LogP contribution < -0.4 is 0 Å². The normalized spacial score (nSPS) is 17.6. The second-order valence-electron chi connectivity index (χ2n) is 4.65. The highest BCUT2D eigenvalue weighted by atomic mass is 14.2. The molecule has 0 nitrogen and oxygen atoms in total. The molecule has 1 fully saturated rings. The molecule has 1 aliphatic carbocycles. The maximum absolute atomic E-state index is 4.14. The van der Waals surface area contributed by atoms with E-state index in [1.807, 2.05) is 6.08 Å². The Morgan fingerprint density at radius 2 is 2.00 bits per heavy atom. The summed E-state index contributed by atoms with van der Waals surface area (Å²) in [6.45, 7) is 7.93. The minimum atomic E-state index is 1.04. The number of rotatable bonds is 4. The van der Waals surface area contributed by atoms with Gasteiger partial charge in [-0.25, -0.2) is 0 Å². The van der Waals surface area contributed by atoms with Crippen LogP contribution in [0.5, 0.6) is 0 Å². The SMILES string of the molecule is C=CCCc1ccccc1/C=C1\CCCC1=C. The van der Waals surface area contributed by atoms with Gasteiger partial charge in [0.1, 0.15) is 0 Å². The van der Waals surface area contributed by atoms with Crippen molar-refractivity contribution in [3.05, 3.63) is 65.8 Å². The fourth-order valence-corrected chi connectivity index (χ4v) is 2.35. The van der Waals surface area contributed by atoms with E-state index in [1.54, 1.807) is 0 Å². The lowest BCUT2D eigenvalue weighted by molar-refractivity contribution is 0.934. The molecule has 0 bridgehead atoms. The number of hydrogen-bond donors (Lipinski definition) is 0. The van der Waals surface area contributed by atoms with Gasteiger partial charge in [-0.1, -0.05) is 48.6 Å². The van der Waals surface area contributed by atoms with Crippen LogP contribution in [0, 0.1) is 0 Å². The summed E-state index contributed by atoms with van der Waals surface area (Å²) in [5.74, 6) is 0. The van der Waals surface area contributed by atoms with Crippen molar-refractivity contribution in [2.24, 2.45) is 0 Å². The maximum Gasteiger partial charge on any atom is -0.0222 e. The van der Waals surface area contributed by atoms with Crippen LogP contribution in [0.2, 0.25) is 0 Å². The van der Waals surface area contributed by atoms with Crippen LogP contribution in [0.25, 0.3) is 6.08 Å². The van der Waals surface area contributed by atoms with Gasteiger partial charge in [0, 0.05) is 0 Å². The summed E-state index contributed by atoms with van der Waals surface area (Å²) in [5, 5.41) is 0. The first-order valence-corrected chi connectivity index (χ1v) is 6.39. The monoisotopic (exact) mass is 224 g/mol. The molecule has 1 aromatic rings. The third-order valence-corrected chi connectivity index (χ3v) is 3.38. The van der Waals surface area contributed by atoms with E-state index >= 15 is 0 Å². The summed E-state index contributed by atoms with van der Waals surface area (Å²) in [6, 6.07) is 8.65. The third kappa shape index (κ3) is 2.97. The molecule has 1 aliphatic rings. The number of allylic oxidation sites excluding steroid dienone is 3. The van der Waals surface area contributed by atoms with Crippen molar-refractivity contribution < 1.29 is 0 Å². The topological polar surface area (TPSA) is 0 Å². The van der Waals surface area contributed by atoms with Crippen molar-refractivity contribution in [3.63, 3.8) is 0 Å². The van der Waals surface area contributed by atoms with Gasteiger partial charge >= 0.3 is 0 Å². The average Bonchev–Trinajstić information content (AvgIpc) is 2.74. The van der Waals surface area contributed by atoms with Gasteiger partial charge in [-0.15, -0.1) is 6.58 Å². The first-order valence-electron chi connectivity index (χ1n) is 6.39. The second-order valence-corrected chi connectivity index (χ2v) is 4.65. The lowest BCUT2D eigenvalue weighted by Gasteiger charge is -2.06. The summed E-state index contributed by atoms with van der Waals surface area (Å²) >= 11 is 0. The zero-order valence-corrected chi connectivity index (χ0v) is 10.4. The molecule has 0 saturated heterocycles. The van der Waals surface area contributed by atoms with E-state index in [0.29, 0.717) is 0 Å². The van der Waals surface area contributed by atoms with Crippen molar-refractivity contribution in [1.29, 1.82) is 0 Å². The lowest BCUT2D eigenvalue weighted by Crippen LogP contribution is -1.89. The molecule has 0 spiro atoms. The van der Waals surface area contributed by atoms with Gasteiger partial charge in [-0.05, 0) is 48.8 Å². The Hall–Kier alpha value is -1.56. The molecule has 0 heteroatoms.